The number of carbonyl (C=O) groups is 1. The molecule has 2 fully saturated rings. The lowest BCUT2D eigenvalue weighted by atomic mass is 9.78. The van der Waals surface area contributed by atoms with Crippen LogP contribution in [0.3, 0.4) is 0 Å². The van der Waals surface area contributed by atoms with Gasteiger partial charge < -0.3 is 19.9 Å². The zero-order chi connectivity index (χ0) is 20.1. The van der Waals surface area contributed by atoms with Crippen LogP contribution in [0.5, 0.6) is 5.75 Å². The molecule has 0 bridgehead atoms. The Morgan fingerprint density at radius 1 is 1.25 bits per heavy atom. The van der Waals surface area contributed by atoms with Crippen molar-refractivity contribution in [3.8, 4) is 5.75 Å². The fourth-order valence-electron chi connectivity index (χ4n) is 4.74. The number of quaternary nitrogens is 1. The van der Waals surface area contributed by atoms with E-state index in [4.69, 9.17) is 4.74 Å². The highest BCUT2D eigenvalue weighted by atomic mass is 16.5. The molecule has 2 aliphatic rings. The smallest absolute Gasteiger partial charge is 0.278 e. The topological polar surface area (TPSA) is 46.0 Å². The molecule has 0 spiro atoms. The Labute approximate surface area is 170 Å². The normalized spacial score (nSPS) is 27.3. The molecule has 156 valence electrons. The molecule has 1 aliphatic heterocycles. The molecule has 1 aromatic rings. The third kappa shape index (κ3) is 4.80. The lowest BCUT2D eigenvalue weighted by Crippen LogP contribution is -3.19. The third-order valence-electron chi connectivity index (χ3n) is 6.95. The maximum absolute atomic E-state index is 12.9. The van der Waals surface area contributed by atoms with E-state index in [1.54, 1.807) is 0 Å². The number of nitrogens with zero attached hydrogens (tertiary/aromatic N) is 1. The van der Waals surface area contributed by atoms with E-state index in [0.717, 1.165) is 38.3 Å². The number of anilines is 1. The highest BCUT2D eigenvalue weighted by molar-refractivity contribution is 5.80. The van der Waals surface area contributed by atoms with Crippen LogP contribution in [0.1, 0.15) is 47.0 Å². The Morgan fingerprint density at radius 3 is 2.68 bits per heavy atom. The zero-order valence-corrected chi connectivity index (χ0v) is 18.0. The van der Waals surface area contributed by atoms with Crippen molar-refractivity contribution in [2.75, 3.05) is 37.7 Å². The lowest BCUT2D eigenvalue weighted by molar-refractivity contribution is -0.914. The molecule has 1 amide bonds. The lowest BCUT2D eigenvalue weighted by Gasteiger charge is -2.38. The SMILES string of the molecule is CCOc1ccccc1N1CC[NH+]([C@H](C)C(=O)N[C@H]2CCC[C@H](C)[C@@H]2C)CC1. The summed E-state index contributed by atoms with van der Waals surface area (Å²) in [7, 11) is 0. The minimum absolute atomic E-state index is 0.00807. The van der Waals surface area contributed by atoms with E-state index in [0.29, 0.717) is 24.5 Å². The number of benzene rings is 1. The number of ether oxygens (including phenoxy) is 1. The molecule has 5 heteroatoms. The van der Waals surface area contributed by atoms with Crippen LogP contribution in [0.25, 0.3) is 0 Å². The van der Waals surface area contributed by atoms with Gasteiger partial charge in [-0.05, 0) is 44.2 Å². The number of amides is 1. The summed E-state index contributed by atoms with van der Waals surface area (Å²) in [6, 6.07) is 8.62. The van der Waals surface area contributed by atoms with E-state index in [-0.39, 0.29) is 11.9 Å². The second kappa shape index (κ2) is 9.64. The molecular formula is C23H38N3O2+. The number of nitrogens with one attached hydrogen (secondary N) is 2. The summed E-state index contributed by atoms with van der Waals surface area (Å²) in [5, 5.41) is 3.37. The van der Waals surface area contributed by atoms with Gasteiger partial charge in [-0.2, -0.15) is 0 Å². The Hall–Kier alpha value is -1.75. The first-order chi connectivity index (χ1) is 13.5. The molecule has 1 aliphatic carbocycles. The van der Waals surface area contributed by atoms with Gasteiger partial charge in [0, 0.05) is 6.04 Å². The number of para-hydroxylation sites is 2. The van der Waals surface area contributed by atoms with Crippen molar-refractivity contribution in [1.82, 2.24) is 5.32 Å². The predicted molar refractivity (Wildman–Crippen MR) is 114 cm³/mol. The quantitative estimate of drug-likeness (QED) is 0.785. The molecule has 28 heavy (non-hydrogen) atoms. The molecule has 0 unspecified atom stereocenters. The molecule has 3 rings (SSSR count). The van der Waals surface area contributed by atoms with Gasteiger partial charge in [0.25, 0.3) is 5.91 Å². The van der Waals surface area contributed by atoms with Gasteiger partial charge >= 0.3 is 0 Å². The summed E-state index contributed by atoms with van der Waals surface area (Å²) < 4.78 is 5.79. The first kappa shape index (κ1) is 21.0. The van der Waals surface area contributed by atoms with Crippen molar-refractivity contribution < 1.29 is 14.4 Å². The predicted octanol–water partition coefficient (Wildman–Crippen LogP) is 2.12. The van der Waals surface area contributed by atoms with Crippen molar-refractivity contribution in [2.24, 2.45) is 11.8 Å². The molecule has 1 heterocycles. The highest BCUT2D eigenvalue weighted by Crippen LogP contribution is 2.29. The van der Waals surface area contributed by atoms with Gasteiger partial charge in [0.15, 0.2) is 6.04 Å². The van der Waals surface area contributed by atoms with Gasteiger partial charge in [0.2, 0.25) is 0 Å². The maximum Gasteiger partial charge on any atom is 0.278 e. The van der Waals surface area contributed by atoms with E-state index in [9.17, 15) is 4.79 Å². The number of carbonyl (C=O) groups excluding carboxylic acids is 1. The van der Waals surface area contributed by atoms with Crippen LogP contribution in [0.15, 0.2) is 24.3 Å². The summed E-state index contributed by atoms with van der Waals surface area (Å²) in [5.74, 6) is 2.46. The molecule has 1 saturated heterocycles. The number of hydrogen-bond acceptors (Lipinski definition) is 3. The van der Waals surface area contributed by atoms with Crippen molar-refractivity contribution in [3.05, 3.63) is 24.3 Å². The maximum atomic E-state index is 12.9. The molecule has 4 atom stereocenters. The van der Waals surface area contributed by atoms with E-state index in [1.165, 1.54) is 23.4 Å². The number of rotatable bonds is 6. The van der Waals surface area contributed by atoms with Crippen LogP contribution >= 0.6 is 0 Å². The highest BCUT2D eigenvalue weighted by Gasteiger charge is 2.33. The monoisotopic (exact) mass is 388 g/mol. The standard InChI is InChI=1S/C23H37N3O2/c1-5-28-22-12-7-6-11-21(22)26-15-13-25(14-16-26)19(4)23(27)24-20-10-8-9-17(2)18(20)3/h6-7,11-12,17-20H,5,8-10,13-16H2,1-4H3,(H,24,27)/p+1/t17-,18-,19+,20-/m0/s1. The Bertz CT molecular complexity index is 642. The average Bonchev–Trinajstić information content (AvgIpc) is 2.71. The van der Waals surface area contributed by atoms with Gasteiger partial charge in [-0.1, -0.05) is 38.8 Å². The Morgan fingerprint density at radius 2 is 1.96 bits per heavy atom. The van der Waals surface area contributed by atoms with Gasteiger partial charge in [0.1, 0.15) is 5.75 Å². The second-order valence-corrected chi connectivity index (χ2v) is 8.65. The molecule has 2 N–H and O–H groups in total. The molecule has 0 radical (unpaired) electrons. The van der Waals surface area contributed by atoms with Crippen LogP contribution < -0.4 is 19.9 Å². The molecule has 1 aromatic carbocycles. The molecule has 5 nitrogen and oxygen atoms in total. The van der Waals surface area contributed by atoms with Crippen molar-refractivity contribution in [3.63, 3.8) is 0 Å². The van der Waals surface area contributed by atoms with Gasteiger partial charge in [-0.3, -0.25) is 4.79 Å². The summed E-state index contributed by atoms with van der Waals surface area (Å²) in [6.45, 7) is 13.3. The average molecular weight is 389 g/mol. The molecule has 1 saturated carbocycles. The number of piperazine rings is 1. The van der Waals surface area contributed by atoms with E-state index in [2.05, 4.69) is 43.1 Å². The van der Waals surface area contributed by atoms with E-state index < -0.39 is 0 Å². The first-order valence-corrected chi connectivity index (χ1v) is 11.1. The number of hydrogen-bond donors (Lipinski definition) is 2. The van der Waals surface area contributed by atoms with Gasteiger partial charge in [0.05, 0.1) is 38.5 Å². The minimum atomic E-state index is 0.00807. The fourth-order valence-corrected chi connectivity index (χ4v) is 4.74. The fraction of sp³-hybridized carbons (Fsp3) is 0.696. The summed E-state index contributed by atoms with van der Waals surface area (Å²) in [4.78, 5) is 16.7. The minimum Gasteiger partial charge on any atom is -0.492 e. The van der Waals surface area contributed by atoms with Crippen LogP contribution in [0, 0.1) is 11.8 Å². The van der Waals surface area contributed by atoms with E-state index >= 15 is 0 Å². The van der Waals surface area contributed by atoms with Crippen LogP contribution in [-0.4, -0.2) is 50.8 Å². The van der Waals surface area contributed by atoms with Crippen LogP contribution in [0.4, 0.5) is 5.69 Å². The van der Waals surface area contributed by atoms with Crippen molar-refractivity contribution >= 4 is 11.6 Å². The molecular weight excluding hydrogens is 350 g/mol. The second-order valence-electron chi connectivity index (χ2n) is 8.65. The first-order valence-electron chi connectivity index (χ1n) is 11.1. The summed E-state index contributed by atoms with van der Waals surface area (Å²) >= 11 is 0. The summed E-state index contributed by atoms with van der Waals surface area (Å²) in [6.07, 6.45) is 3.65. The van der Waals surface area contributed by atoms with Gasteiger partial charge in [-0.15, -0.1) is 0 Å². The van der Waals surface area contributed by atoms with Crippen LogP contribution in [0.2, 0.25) is 0 Å². The molecule has 0 aromatic heterocycles. The third-order valence-corrected chi connectivity index (χ3v) is 6.95. The van der Waals surface area contributed by atoms with Crippen LogP contribution in [-0.2, 0) is 4.79 Å². The Balaban J connectivity index is 1.53. The summed E-state index contributed by atoms with van der Waals surface area (Å²) in [5.41, 5.74) is 1.17. The van der Waals surface area contributed by atoms with Crippen molar-refractivity contribution in [2.45, 2.75) is 59.0 Å². The van der Waals surface area contributed by atoms with Gasteiger partial charge in [-0.25, -0.2) is 0 Å². The Kier molecular flexibility index (Phi) is 7.22. The largest absolute Gasteiger partial charge is 0.492 e. The van der Waals surface area contributed by atoms with Crippen molar-refractivity contribution in [1.29, 1.82) is 0 Å². The zero-order valence-electron chi connectivity index (χ0n) is 18.0. The van der Waals surface area contributed by atoms with E-state index in [1.807, 2.05) is 19.1 Å².